The van der Waals surface area contributed by atoms with E-state index in [1.807, 2.05) is 36.4 Å². The van der Waals surface area contributed by atoms with E-state index in [0.717, 1.165) is 37.9 Å². The van der Waals surface area contributed by atoms with Crippen molar-refractivity contribution < 1.29 is 22.7 Å². The highest BCUT2D eigenvalue weighted by Crippen LogP contribution is 2.46. The van der Waals surface area contributed by atoms with Crippen molar-refractivity contribution in [3.05, 3.63) is 47.4 Å². The van der Waals surface area contributed by atoms with Crippen LogP contribution in [0.15, 0.2) is 42.5 Å². The normalized spacial score (nSPS) is 24.5. The molecular weight excluding hydrogens is 529 g/mol. The first-order chi connectivity index (χ1) is 18.7. The average molecular weight is 559 g/mol. The summed E-state index contributed by atoms with van der Waals surface area (Å²) in [4.78, 5) is 22.7. The molecular formula is C27H29F3N6O2S. The van der Waals surface area contributed by atoms with Crippen molar-refractivity contribution in [1.82, 2.24) is 14.9 Å². The van der Waals surface area contributed by atoms with Crippen molar-refractivity contribution >= 4 is 44.9 Å². The predicted octanol–water partition coefficient (Wildman–Crippen LogP) is 5.02. The fourth-order valence-electron chi connectivity index (χ4n) is 5.85. The fraction of sp³-hybridized carbons (Fsp3) is 0.444. The number of amides is 1. The Labute approximate surface area is 227 Å². The van der Waals surface area contributed by atoms with Crippen molar-refractivity contribution in [2.24, 2.45) is 23.5 Å². The first-order valence-corrected chi connectivity index (χ1v) is 13.9. The van der Waals surface area contributed by atoms with Crippen molar-refractivity contribution in [2.75, 3.05) is 36.9 Å². The number of nitrogens with two attached hydrogens (primary N) is 1. The van der Waals surface area contributed by atoms with Gasteiger partial charge < -0.3 is 21.1 Å². The molecule has 2 unspecified atom stereocenters. The van der Waals surface area contributed by atoms with Gasteiger partial charge in [-0.1, -0.05) is 12.2 Å². The summed E-state index contributed by atoms with van der Waals surface area (Å²) in [6, 6.07) is 7.96. The van der Waals surface area contributed by atoms with E-state index in [0.29, 0.717) is 23.6 Å². The van der Waals surface area contributed by atoms with Crippen molar-refractivity contribution in [3.63, 3.8) is 0 Å². The number of nitrogens with one attached hydrogen (secondary N) is 2. The Morgan fingerprint density at radius 3 is 2.59 bits per heavy atom. The summed E-state index contributed by atoms with van der Waals surface area (Å²) in [5.74, 6) is 0.307. The zero-order chi connectivity index (χ0) is 27.1. The molecule has 206 valence electrons. The van der Waals surface area contributed by atoms with Crippen LogP contribution in [0.25, 0.3) is 10.2 Å². The second-order valence-electron chi connectivity index (χ2n) is 10.3. The Morgan fingerprint density at radius 2 is 1.87 bits per heavy atom. The van der Waals surface area contributed by atoms with E-state index in [2.05, 4.69) is 25.5 Å². The number of benzene rings is 1. The van der Waals surface area contributed by atoms with Crippen LogP contribution in [0.5, 0.6) is 5.75 Å². The number of hydrogen-bond donors (Lipinski definition) is 3. The lowest BCUT2D eigenvalue weighted by atomic mass is 9.88. The molecule has 2 aromatic heterocycles. The number of likely N-dealkylation sites (tertiary alicyclic amines) is 1. The first-order valence-electron chi connectivity index (χ1n) is 13.1. The highest BCUT2D eigenvalue weighted by molar-refractivity contribution is 7.19. The van der Waals surface area contributed by atoms with E-state index in [1.54, 1.807) is 0 Å². The molecule has 4 N–H and O–H groups in total. The van der Waals surface area contributed by atoms with Crippen LogP contribution in [-0.2, 0) is 11.0 Å². The van der Waals surface area contributed by atoms with Gasteiger partial charge >= 0.3 is 6.18 Å². The number of alkyl halides is 3. The number of carbonyl (C=O) groups is 1. The second kappa shape index (κ2) is 10.3. The minimum absolute atomic E-state index is 0.0186. The van der Waals surface area contributed by atoms with Crippen LogP contribution in [0.3, 0.4) is 0 Å². The van der Waals surface area contributed by atoms with Gasteiger partial charge in [0.2, 0.25) is 11.9 Å². The summed E-state index contributed by atoms with van der Waals surface area (Å²) in [5, 5.41) is 6.37. The molecule has 2 aliphatic carbocycles. The minimum Gasteiger partial charge on any atom is -0.492 e. The molecule has 39 heavy (non-hydrogen) atoms. The van der Waals surface area contributed by atoms with Gasteiger partial charge in [0, 0.05) is 18.3 Å². The maximum absolute atomic E-state index is 13.6. The molecule has 1 amide bonds. The molecule has 12 heteroatoms. The SMILES string of the molecule is NC(=O)[C@H]1C2C=CC(C2)[C@@H]1Nc1nc(Nc2ccc(OCCN3CCCC3)cc2)nc2cc(C(F)(F)F)sc12. The van der Waals surface area contributed by atoms with Gasteiger partial charge in [0.25, 0.3) is 0 Å². The van der Waals surface area contributed by atoms with Gasteiger partial charge in [-0.25, -0.2) is 4.98 Å². The topological polar surface area (TPSA) is 105 Å². The van der Waals surface area contributed by atoms with E-state index in [4.69, 9.17) is 10.5 Å². The maximum atomic E-state index is 13.6. The molecule has 0 spiro atoms. The lowest BCUT2D eigenvalue weighted by molar-refractivity contribution is -0.134. The average Bonchev–Trinajstić information content (AvgIpc) is 3.69. The number of rotatable bonds is 9. The number of hydrogen-bond acceptors (Lipinski definition) is 8. The third kappa shape index (κ3) is 5.40. The van der Waals surface area contributed by atoms with Crippen LogP contribution in [0.2, 0.25) is 0 Å². The molecule has 1 saturated carbocycles. The van der Waals surface area contributed by atoms with E-state index >= 15 is 0 Å². The molecule has 8 nitrogen and oxygen atoms in total. The Hall–Kier alpha value is -3.38. The minimum atomic E-state index is -4.51. The van der Waals surface area contributed by atoms with Crippen LogP contribution in [0, 0.1) is 17.8 Å². The highest BCUT2D eigenvalue weighted by atomic mass is 32.1. The zero-order valence-corrected chi connectivity index (χ0v) is 21.9. The number of allylic oxidation sites excluding steroid dienone is 1. The molecule has 3 aliphatic rings. The Kier molecular flexibility index (Phi) is 6.84. The summed E-state index contributed by atoms with van der Waals surface area (Å²) >= 11 is 0.583. The molecule has 2 fully saturated rings. The number of thiophene rings is 1. The third-order valence-corrected chi connectivity index (χ3v) is 8.90. The number of ether oxygens (including phenoxy) is 1. The molecule has 6 rings (SSSR count). The number of aromatic nitrogens is 2. The van der Waals surface area contributed by atoms with Crippen LogP contribution in [0.1, 0.15) is 24.1 Å². The van der Waals surface area contributed by atoms with E-state index < -0.39 is 22.9 Å². The van der Waals surface area contributed by atoms with Crippen LogP contribution >= 0.6 is 11.3 Å². The van der Waals surface area contributed by atoms with Gasteiger partial charge in [-0.15, -0.1) is 11.3 Å². The van der Waals surface area contributed by atoms with E-state index in [1.165, 1.54) is 12.8 Å². The molecule has 2 bridgehead atoms. The van der Waals surface area contributed by atoms with Gasteiger partial charge in [0.1, 0.15) is 23.1 Å². The smallest absolute Gasteiger partial charge is 0.425 e. The van der Waals surface area contributed by atoms with Gasteiger partial charge in [-0.05, 0) is 74.5 Å². The lowest BCUT2D eigenvalue weighted by Gasteiger charge is -2.27. The van der Waals surface area contributed by atoms with Gasteiger partial charge in [-0.3, -0.25) is 9.69 Å². The molecule has 1 aliphatic heterocycles. The summed E-state index contributed by atoms with van der Waals surface area (Å²) in [6.07, 6.45) is 2.76. The zero-order valence-electron chi connectivity index (χ0n) is 21.1. The summed E-state index contributed by atoms with van der Waals surface area (Å²) in [5.41, 5.74) is 6.52. The largest absolute Gasteiger partial charge is 0.492 e. The van der Waals surface area contributed by atoms with Crippen molar-refractivity contribution in [3.8, 4) is 5.75 Å². The number of primary amides is 1. The van der Waals surface area contributed by atoms with Crippen LogP contribution in [-0.4, -0.2) is 53.1 Å². The van der Waals surface area contributed by atoms with E-state index in [-0.39, 0.29) is 39.9 Å². The molecule has 1 saturated heterocycles. The maximum Gasteiger partial charge on any atom is 0.425 e. The van der Waals surface area contributed by atoms with E-state index in [9.17, 15) is 18.0 Å². The fourth-order valence-corrected chi connectivity index (χ4v) is 6.77. The monoisotopic (exact) mass is 558 g/mol. The molecule has 4 atom stereocenters. The number of halogens is 3. The van der Waals surface area contributed by atoms with Crippen molar-refractivity contribution in [2.45, 2.75) is 31.5 Å². The summed E-state index contributed by atoms with van der Waals surface area (Å²) < 4.78 is 46.8. The standard InChI is InChI=1S/C27H29F3N6O2S/c28-27(29,30)20-14-19-23(39-20)25(34-22-16-4-3-15(13-16)21(22)24(31)37)35-26(33-19)32-17-5-7-18(8-6-17)38-12-11-36-9-1-2-10-36/h3-8,14-16,21-22H,1-2,9-13H2,(H2,31,37)(H2,32,33,34,35)/t15?,16?,21-,22-/m0/s1. The number of fused-ring (bicyclic) bond motifs is 3. The Bertz CT molecular complexity index is 1390. The molecule has 3 heterocycles. The molecule has 0 radical (unpaired) electrons. The predicted molar refractivity (Wildman–Crippen MR) is 144 cm³/mol. The van der Waals surface area contributed by atoms with Gasteiger partial charge in [0.15, 0.2) is 0 Å². The second-order valence-corrected chi connectivity index (χ2v) is 11.4. The van der Waals surface area contributed by atoms with Crippen LogP contribution in [0.4, 0.5) is 30.6 Å². The molecule has 3 aromatic rings. The Balaban J connectivity index is 1.23. The summed E-state index contributed by atoms with van der Waals surface area (Å²) in [7, 11) is 0. The number of anilines is 3. The van der Waals surface area contributed by atoms with Crippen molar-refractivity contribution in [1.29, 1.82) is 0 Å². The Morgan fingerprint density at radius 1 is 1.13 bits per heavy atom. The third-order valence-electron chi connectivity index (χ3n) is 7.73. The van der Waals surface area contributed by atoms with Crippen LogP contribution < -0.4 is 21.1 Å². The molecule has 1 aromatic carbocycles. The lowest BCUT2D eigenvalue weighted by Crippen LogP contribution is -2.41. The quantitative estimate of drug-likeness (QED) is 0.317. The first kappa shape index (κ1) is 25.9. The summed E-state index contributed by atoms with van der Waals surface area (Å²) in [6.45, 7) is 3.72. The number of nitrogens with zero attached hydrogens (tertiary/aromatic N) is 3. The van der Waals surface area contributed by atoms with Gasteiger partial charge in [-0.2, -0.15) is 18.2 Å². The van der Waals surface area contributed by atoms with Gasteiger partial charge in [0.05, 0.1) is 16.1 Å². The number of carbonyl (C=O) groups excluding carboxylic acids is 1. The highest BCUT2D eigenvalue weighted by Gasteiger charge is 2.48.